The first kappa shape index (κ1) is 8.97. The molecule has 0 aromatic carbocycles. The lowest BCUT2D eigenvalue weighted by Crippen LogP contribution is -2.19. The van der Waals surface area contributed by atoms with Gasteiger partial charge in [-0.3, -0.25) is 0 Å². The minimum atomic E-state index is 0.970. The van der Waals surface area contributed by atoms with Crippen molar-refractivity contribution in [3.8, 4) is 0 Å². The van der Waals surface area contributed by atoms with Crippen LogP contribution in [-0.2, 0) is 0 Å². The Bertz CT molecular complexity index is 270. The molecule has 0 aliphatic carbocycles. The smallest absolute Gasteiger partial charge is 0.134 e. The van der Waals surface area contributed by atoms with E-state index in [1.807, 2.05) is 14.0 Å². The Kier molecular flexibility index (Phi) is 2.63. The van der Waals surface area contributed by atoms with Crippen LogP contribution in [0.4, 0.5) is 5.82 Å². The third kappa shape index (κ3) is 1.55. The molecule has 0 unspecified atom stereocenters. The van der Waals surface area contributed by atoms with Gasteiger partial charge < -0.3 is 4.90 Å². The van der Waals surface area contributed by atoms with E-state index >= 15 is 0 Å². The first-order valence-electron chi connectivity index (χ1n) is 4.16. The summed E-state index contributed by atoms with van der Waals surface area (Å²) in [7, 11) is 2.04. The van der Waals surface area contributed by atoms with Gasteiger partial charge in [0.2, 0.25) is 0 Å². The molecule has 1 heterocycles. The van der Waals surface area contributed by atoms with E-state index in [1.165, 1.54) is 5.56 Å². The van der Waals surface area contributed by atoms with Crippen LogP contribution in [-0.4, -0.2) is 23.6 Å². The average Bonchev–Trinajstić information content (AvgIpc) is 2.08. The second-order valence-electron chi connectivity index (χ2n) is 2.92. The Morgan fingerprint density at radius 1 is 1.33 bits per heavy atom. The highest BCUT2D eigenvalue weighted by atomic mass is 15.2. The fourth-order valence-corrected chi connectivity index (χ4v) is 1.06. The molecule has 3 heteroatoms. The van der Waals surface area contributed by atoms with E-state index in [9.17, 15) is 0 Å². The van der Waals surface area contributed by atoms with E-state index < -0.39 is 0 Å². The van der Waals surface area contributed by atoms with Gasteiger partial charge in [-0.25, -0.2) is 9.97 Å². The quantitative estimate of drug-likeness (QED) is 0.665. The van der Waals surface area contributed by atoms with Crippen molar-refractivity contribution in [2.45, 2.75) is 20.8 Å². The van der Waals surface area contributed by atoms with Crippen molar-refractivity contribution in [1.29, 1.82) is 0 Å². The Morgan fingerprint density at radius 2 is 2.00 bits per heavy atom. The first-order chi connectivity index (χ1) is 5.66. The summed E-state index contributed by atoms with van der Waals surface area (Å²) < 4.78 is 0. The van der Waals surface area contributed by atoms with Gasteiger partial charge in [0.15, 0.2) is 0 Å². The number of aryl methyl sites for hydroxylation is 1. The number of hydrogen-bond donors (Lipinski definition) is 0. The Hall–Kier alpha value is -1.12. The molecule has 0 fully saturated rings. The number of aromatic nitrogens is 2. The molecule has 3 nitrogen and oxygen atoms in total. The summed E-state index contributed by atoms with van der Waals surface area (Å²) in [6, 6.07) is 0. The van der Waals surface area contributed by atoms with Crippen molar-refractivity contribution >= 4 is 5.82 Å². The lowest BCUT2D eigenvalue weighted by atomic mass is 10.2. The second kappa shape index (κ2) is 3.52. The maximum Gasteiger partial charge on any atom is 0.134 e. The molecule has 0 saturated heterocycles. The monoisotopic (exact) mass is 165 g/mol. The molecule has 0 aliphatic rings. The summed E-state index contributed by atoms with van der Waals surface area (Å²) in [5.41, 5.74) is 2.22. The van der Waals surface area contributed by atoms with E-state index in [4.69, 9.17) is 0 Å². The van der Waals surface area contributed by atoms with Crippen LogP contribution in [0.15, 0.2) is 6.33 Å². The maximum absolute atomic E-state index is 4.22. The third-order valence-corrected chi connectivity index (χ3v) is 2.15. The highest BCUT2D eigenvalue weighted by Crippen LogP contribution is 2.15. The fourth-order valence-electron chi connectivity index (χ4n) is 1.06. The molecular weight excluding hydrogens is 150 g/mol. The van der Waals surface area contributed by atoms with Crippen LogP contribution in [0.3, 0.4) is 0 Å². The van der Waals surface area contributed by atoms with E-state index in [-0.39, 0.29) is 0 Å². The highest BCUT2D eigenvalue weighted by Gasteiger charge is 2.05. The molecule has 0 aliphatic heterocycles. The van der Waals surface area contributed by atoms with Crippen LogP contribution in [0, 0.1) is 13.8 Å². The van der Waals surface area contributed by atoms with Crippen LogP contribution >= 0.6 is 0 Å². The van der Waals surface area contributed by atoms with Gasteiger partial charge in [-0.05, 0) is 20.8 Å². The van der Waals surface area contributed by atoms with Crippen molar-refractivity contribution in [2.24, 2.45) is 0 Å². The minimum absolute atomic E-state index is 0.970. The zero-order valence-corrected chi connectivity index (χ0v) is 8.13. The number of hydrogen-bond acceptors (Lipinski definition) is 3. The largest absolute Gasteiger partial charge is 0.360 e. The van der Waals surface area contributed by atoms with Crippen molar-refractivity contribution in [3.63, 3.8) is 0 Å². The SMILES string of the molecule is CCN(C)c1ncnc(C)c1C. The van der Waals surface area contributed by atoms with Gasteiger partial charge in [0.25, 0.3) is 0 Å². The summed E-state index contributed by atoms with van der Waals surface area (Å²) >= 11 is 0. The topological polar surface area (TPSA) is 29.0 Å². The van der Waals surface area contributed by atoms with Gasteiger partial charge in [0, 0.05) is 24.8 Å². The first-order valence-corrected chi connectivity index (χ1v) is 4.16. The average molecular weight is 165 g/mol. The fraction of sp³-hybridized carbons (Fsp3) is 0.556. The summed E-state index contributed by atoms with van der Waals surface area (Å²) in [5.74, 6) is 1.03. The minimum Gasteiger partial charge on any atom is -0.360 e. The molecule has 12 heavy (non-hydrogen) atoms. The summed E-state index contributed by atoms with van der Waals surface area (Å²) in [6.45, 7) is 7.13. The zero-order valence-electron chi connectivity index (χ0n) is 8.13. The van der Waals surface area contributed by atoms with E-state index in [0.29, 0.717) is 0 Å². The molecule has 66 valence electrons. The molecule has 0 atom stereocenters. The summed E-state index contributed by atoms with van der Waals surface area (Å²) in [6.07, 6.45) is 1.61. The Labute approximate surface area is 73.5 Å². The molecule has 1 aromatic heterocycles. The molecule has 0 saturated carbocycles. The second-order valence-corrected chi connectivity index (χ2v) is 2.92. The standard InChI is InChI=1S/C9H15N3/c1-5-12(4)9-7(2)8(3)10-6-11-9/h6H,5H2,1-4H3. The molecule has 0 spiro atoms. The van der Waals surface area contributed by atoms with E-state index in [1.54, 1.807) is 6.33 Å². The third-order valence-electron chi connectivity index (χ3n) is 2.15. The van der Waals surface area contributed by atoms with Crippen molar-refractivity contribution in [2.75, 3.05) is 18.5 Å². The normalized spacial score (nSPS) is 10.0. The van der Waals surface area contributed by atoms with E-state index in [0.717, 1.165) is 18.1 Å². The van der Waals surface area contributed by atoms with Crippen molar-refractivity contribution in [3.05, 3.63) is 17.6 Å². The van der Waals surface area contributed by atoms with Crippen molar-refractivity contribution < 1.29 is 0 Å². The van der Waals surface area contributed by atoms with Crippen LogP contribution < -0.4 is 4.90 Å². The van der Waals surface area contributed by atoms with Crippen molar-refractivity contribution in [1.82, 2.24) is 9.97 Å². The van der Waals surface area contributed by atoms with Crippen LogP contribution in [0.5, 0.6) is 0 Å². The maximum atomic E-state index is 4.22. The summed E-state index contributed by atoms with van der Waals surface area (Å²) in [4.78, 5) is 10.5. The van der Waals surface area contributed by atoms with Gasteiger partial charge in [0.05, 0.1) is 0 Å². The lowest BCUT2D eigenvalue weighted by Gasteiger charge is -2.17. The van der Waals surface area contributed by atoms with Crippen LogP contribution in [0.1, 0.15) is 18.2 Å². The summed E-state index contributed by atoms with van der Waals surface area (Å²) in [5, 5.41) is 0. The molecule has 0 radical (unpaired) electrons. The van der Waals surface area contributed by atoms with Gasteiger partial charge >= 0.3 is 0 Å². The molecular formula is C9H15N3. The predicted octanol–water partition coefficient (Wildman–Crippen LogP) is 1.55. The Balaban J connectivity index is 3.07. The van der Waals surface area contributed by atoms with Gasteiger partial charge in [-0.15, -0.1) is 0 Å². The van der Waals surface area contributed by atoms with Crippen LogP contribution in [0.2, 0.25) is 0 Å². The number of rotatable bonds is 2. The van der Waals surface area contributed by atoms with Gasteiger partial charge in [-0.1, -0.05) is 0 Å². The highest BCUT2D eigenvalue weighted by molar-refractivity contribution is 5.46. The number of nitrogens with zero attached hydrogens (tertiary/aromatic N) is 3. The van der Waals surface area contributed by atoms with Gasteiger partial charge in [0.1, 0.15) is 12.1 Å². The lowest BCUT2D eigenvalue weighted by molar-refractivity contribution is 0.908. The number of anilines is 1. The van der Waals surface area contributed by atoms with E-state index in [2.05, 4.69) is 28.7 Å². The predicted molar refractivity (Wildman–Crippen MR) is 50.5 cm³/mol. The van der Waals surface area contributed by atoms with Gasteiger partial charge in [-0.2, -0.15) is 0 Å². The zero-order chi connectivity index (χ0) is 9.14. The molecule has 1 rings (SSSR count). The Morgan fingerprint density at radius 3 is 2.58 bits per heavy atom. The molecule has 0 amide bonds. The molecule has 0 bridgehead atoms. The van der Waals surface area contributed by atoms with Crippen LogP contribution in [0.25, 0.3) is 0 Å². The molecule has 0 N–H and O–H groups in total. The molecule has 1 aromatic rings.